The molecule has 0 aliphatic heterocycles. The van der Waals surface area contributed by atoms with Crippen LogP contribution < -0.4 is 0 Å². The maximum atomic E-state index is 12.2. The van der Waals surface area contributed by atoms with Crippen molar-refractivity contribution in [2.24, 2.45) is 0 Å². The maximum Gasteiger partial charge on any atom is 0.246 e. The zero-order valence-corrected chi connectivity index (χ0v) is 14.2. The molecular formula is C17H20N2O3S. The summed E-state index contributed by atoms with van der Waals surface area (Å²) < 4.78 is 22.7. The number of likely N-dealkylation sites (N-methyl/N-ethyl adjacent to an activating group) is 1. The van der Waals surface area contributed by atoms with Crippen molar-refractivity contribution in [3.8, 4) is 0 Å². The SMILES string of the molecule is CC(CS(C)(=O)=O)N(C)C(=O)C=Cc1cccc2cccnc12. The van der Waals surface area contributed by atoms with E-state index in [4.69, 9.17) is 0 Å². The Balaban J connectivity index is 2.17. The standard InChI is InChI=1S/C17H20N2O3S/c1-13(12-23(3,21)22)19(2)16(20)10-9-15-7-4-6-14-8-5-11-18-17(14)15/h4-11,13H,12H2,1-3H3. The Kier molecular flexibility index (Phi) is 5.15. The molecule has 0 aliphatic carbocycles. The molecule has 0 saturated carbocycles. The van der Waals surface area contributed by atoms with Gasteiger partial charge in [0.25, 0.3) is 0 Å². The molecule has 0 N–H and O–H groups in total. The topological polar surface area (TPSA) is 67.3 Å². The Hall–Kier alpha value is -2.21. The first kappa shape index (κ1) is 17.1. The number of carbonyl (C=O) groups is 1. The number of amides is 1. The average molecular weight is 332 g/mol. The second-order valence-electron chi connectivity index (χ2n) is 5.65. The van der Waals surface area contributed by atoms with Crippen molar-refractivity contribution in [3.05, 3.63) is 48.2 Å². The van der Waals surface area contributed by atoms with Crippen molar-refractivity contribution in [2.45, 2.75) is 13.0 Å². The number of sulfone groups is 1. The molecule has 23 heavy (non-hydrogen) atoms. The normalized spacial score (nSPS) is 13.3. The van der Waals surface area contributed by atoms with Crippen LogP contribution in [0.5, 0.6) is 0 Å². The largest absolute Gasteiger partial charge is 0.338 e. The van der Waals surface area contributed by atoms with Crippen LogP contribution in [0.25, 0.3) is 17.0 Å². The van der Waals surface area contributed by atoms with E-state index in [-0.39, 0.29) is 17.7 Å². The summed E-state index contributed by atoms with van der Waals surface area (Å²) >= 11 is 0. The fourth-order valence-electron chi connectivity index (χ4n) is 2.31. The molecule has 1 aromatic carbocycles. The lowest BCUT2D eigenvalue weighted by atomic mass is 10.1. The molecule has 2 aromatic rings. The molecule has 0 radical (unpaired) electrons. The van der Waals surface area contributed by atoms with Crippen molar-refractivity contribution >= 4 is 32.7 Å². The van der Waals surface area contributed by atoms with Gasteiger partial charge in [-0.25, -0.2) is 8.42 Å². The van der Waals surface area contributed by atoms with Crippen LogP contribution in [0.1, 0.15) is 12.5 Å². The number of para-hydroxylation sites is 1. The first-order valence-corrected chi connectivity index (χ1v) is 9.30. The minimum atomic E-state index is -3.13. The second-order valence-corrected chi connectivity index (χ2v) is 7.83. The lowest BCUT2D eigenvalue weighted by molar-refractivity contribution is -0.126. The molecule has 2 rings (SSSR count). The van der Waals surface area contributed by atoms with Crippen LogP contribution in [0, 0.1) is 0 Å². The molecule has 1 heterocycles. The highest BCUT2D eigenvalue weighted by Gasteiger charge is 2.18. The Morgan fingerprint density at radius 1 is 1.30 bits per heavy atom. The third-order valence-corrected chi connectivity index (χ3v) is 4.71. The van der Waals surface area contributed by atoms with Crippen LogP contribution >= 0.6 is 0 Å². The number of pyridine rings is 1. The molecule has 5 nitrogen and oxygen atoms in total. The van der Waals surface area contributed by atoms with Crippen LogP contribution in [0.4, 0.5) is 0 Å². The van der Waals surface area contributed by atoms with Gasteiger partial charge in [-0.3, -0.25) is 9.78 Å². The van der Waals surface area contributed by atoms with E-state index in [2.05, 4.69) is 4.98 Å². The van der Waals surface area contributed by atoms with Crippen molar-refractivity contribution < 1.29 is 13.2 Å². The predicted octanol–water partition coefficient (Wildman–Crippen LogP) is 2.14. The molecule has 6 heteroatoms. The number of nitrogens with zero attached hydrogens (tertiary/aromatic N) is 2. The Morgan fingerprint density at radius 2 is 2.00 bits per heavy atom. The Bertz CT molecular complexity index is 839. The number of fused-ring (bicyclic) bond motifs is 1. The minimum absolute atomic E-state index is 0.0566. The molecule has 0 saturated heterocycles. The van der Waals surface area contributed by atoms with Gasteiger partial charge >= 0.3 is 0 Å². The van der Waals surface area contributed by atoms with Gasteiger partial charge in [0.15, 0.2) is 0 Å². The first-order valence-electron chi connectivity index (χ1n) is 7.24. The van der Waals surface area contributed by atoms with Gasteiger partial charge in [0.2, 0.25) is 5.91 Å². The van der Waals surface area contributed by atoms with Crippen molar-refractivity contribution in [1.82, 2.24) is 9.88 Å². The van der Waals surface area contributed by atoms with Crippen LogP contribution in [0.15, 0.2) is 42.6 Å². The van der Waals surface area contributed by atoms with Gasteiger partial charge in [-0.1, -0.05) is 24.3 Å². The number of aromatic nitrogens is 1. The molecule has 0 spiro atoms. The fraction of sp³-hybridized carbons (Fsp3) is 0.294. The first-order chi connectivity index (χ1) is 10.8. The van der Waals surface area contributed by atoms with E-state index in [9.17, 15) is 13.2 Å². The molecule has 0 aliphatic rings. The number of rotatable bonds is 5. The number of hydrogen-bond donors (Lipinski definition) is 0. The van der Waals surface area contributed by atoms with E-state index in [1.807, 2.05) is 30.3 Å². The summed E-state index contributed by atoms with van der Waals surface area (Å²) in [5, 5.41) is 1.00. The molecular weight excluding hydrogens is 312 g/mol. The Morgan fingerprint density at radius 3 is 2.70 bits per heavy atom. The molecule has 1 amide bonds. The van der Waals surface area contributed by atoms with Gasteiger partial charge in [-0.2, -0.15) is 0 Å². The highest BCUT2D eigenvalue weighted by molar-refractivity contribution is 7.90. The minimum Gasteiger partial charge on any atom is -0.338 e. The molecule has 1 aromatic heterocycles. The molecule has 1 unspecified atom stereocenters. The zero-order valence-electron chi connectivity index (χ0n) is 13.4. The summed E-state index contributed by atoms with van der Waals surface area (Å²) in [7, 11) is -1.52. The van der Waals surface area contributed by atoms with E-state index in [0.29, 0.717) is 0 Å². The van der Waals surface area contributed by atoms with Gasteiger partial charge in [0.05, 0.1) is 11.3 Å². The summed E-state index contributed by atoms with van der Waals surface area (Å²) in [6.45, 7) is 1.71. The summed E-state index contributed by atoms with van der Waals surface area (Å²) in [4.78, 5) is 18.0. The van der Waals surface area contributed by atoms with Crippen molar-refractivity contribution in [3.63, 3.8) is 0 Å². The van der Waals surface area contributed by atoms with Crippen molar-refractivity contribution in [2.75, 3.05) is 19.1 Å². The van der Waals surface area contributed by atoms with E-state index in [0.717, 1.165) is 16.5 Å². The third-order valence-electron chi connectivity index (χ3n) is 3.62. The van der Waals surface area contributed by atoms with Crippen LogP contribution in [0.2, 0.25) is 0 Å². The Labute approximate surface area is 136 Å². The second kappa shape index (κ2) is 6.91. The maximum absolute atomic E-state index is 12.2. The van der Waals surface area contributed by atoms with Gasteiger partial charge < -0.3 is 4.90 Å². The zero-order chi connectivity index (χ0) is 17.0. The van der Waals surface area contributed by atoms with Crippen LogP contribution in [-0.4, -0.2) is 49.3 Å². The smallest absolute Gasteiger partial charge is 0.246 e. The third kappa shape index (κ3) is 4.63. The number of hydrogen-bond acceptors (Lipinski definition) is 4. The van der Waals surface area contributed by atoms with Gasteiger partial charge in [0.1, 0.15) is 9.84 Å². The van der Waals surface area contributed by atoms with E-state index < -0.39 is 9.84 Å². The van der Waals surface area contributed by atoms with E-state index in [1.165, 1.54) is 17.2 Å². The highest BCUT2D eigenvalue weighted by atomic mass is 32.2. The van der Waals surface area contributed by atoms with E-state index in [1.54, 1.807) is 26.2 Å². The van der Waals surface area contributed by atoms with Gasteiger partial charge in [-0.05, 0) is 19.1 Å². The van der Waals surface area contributed by atoms with Gasteiger partial charge in [-0.15, -0.1) is 0 Å². The number of benzene rings is 1. The lowest BCUT2D eigenvalue weighted by Crippen LogP contribution is -2.38. The fourth-order valence-corrected chi connectivity index (χ4v) is 3.41. The number of carbonyl (C=O) groups excluding carboxylic acids is 1. The predicted molar refractivity (Wildman–Crippen MR) is 92.7 cm³/mol. The molecule has 0 bridgehead atoms. The van der Waals surface area contributed by atoms with Crippen LogP contribution in [-0.2, 0) is 14.6 Å². The summed E-state index contributed by atoms with van der Waals surface area (Å²) in [5.74, 6) is -0.298. The van der Waals surface area contributed by atoms with Crippen LogP contribution in [0.3, 0.4) is 0 Å². The molecule has 122 valence electrons. The summed E-state index contributed by atoms with van der Waals surface area (Å²) in [6.07, 6.45) is 6.03. The molecule has 1 atom stereocenters. The monoisotopic (exact) mass is 332 g/mol. The summed E-state index contributed by atoms with van der Waals surface area (Å²) in [6, 6.07) is 9.20. The van der Waals surface area contributed by atoms with Gasteiger partial charge in [0, 0.05) is 42.6 Å². The summed E-state index contributed by atoms with van der Waals surface area (Å²) in [5.41, 5.74) is 1.67. The van der Waals surface area contributed by atoms with E-state index >= 15 is 0 Å². The lowest BCUT2D eigenvalue weighted by Gasteiger charge is -2.22. The quantitative estimate of drug-likeness (QED) is 0.787. The highest BCUT2D eigenvalue weighted by Crippen LogP contribution is 2.17. The average Bonchev–Trinajstić information content (AvgIpc) is 2.50. The molecule has 0 fully saturated rings. The van der Waals surface area contributed by atoms with Crippen molar-refractivity contribution in [1.29, 1.82) is 0 Å².